The summed E-state index contributed by atoms with van der Waals surface area (Å²) in [4.78, 5) is 17.4. The fourth-order valence-corrected chi connectivity index (χ4v) is 2.79. The molecule has 4 nitrogen and oxygen atoms in total. The molecule has 0 bridgehead atoms. The topological polar surface area (TPSA) is 69.6 Å². The first-order chi connectivity index (χ1) is 9.06. The van der Waals surface area contributed by atoms with Gasteiger partial charge in [-0.05, 0) is 25.9 Å². The van der Waals surface area contributed by atoms with E-state index in [1.165, 1.54) is 44.9 Å². The van der Waals surface area contributed by atoms with Crippen LogP contribution in [0.15, 0.2) is 0 Å². The molecular weight excluding hydrogens is 261 g/mol. The highest BCUT2D eigenvalue weighted by molar-refractivity contribution is 7.51. The van der Waals surface area contributed by atoms with E-state index in [4.69, 9.17) is 9.79 Å². The molecule has 3 N–H and O–H groups in total. The predicted octanol–water partition coefficient (Wildman–Crippen LogP) is 3.67. The average molecular weight is 293 g/mol. The third kappa shape index (κ3) is 18.1. The van der Waals surface area contributed by atoms with Crippen LogP contribution in [-0.2, 0) is 4.57 Å². The summed E-state index contributed by atoms with van der Waals surface area (Å²) in [5.74, 6) is 0. The smallest absolute Gasteiger partial charge is 0.324 e. The molecule has 19 heavy (non-hydrogen) atoms. The van der Waals surface area contributed by atoms with Crippen LogP contribution in [0.2, 0.25) is 0 Å². The van der Waals surface area contributed by atoms with Crippen molar-refractivity contribution in [3.63, 3.8) is 0 Å². The Morgan fingerprint density at radius 1 is 0.789 bits per heavy atom. The third-order valence-corrected chi connectivity index (χ3v) is 4.20. The minimum atomic E-state index is -3.75. The van der Waals surface area contributed by atoms with Gasteiger partial charge in [-0.1, -0.05) is 58.3 Å². The molecule has 0 heterocycles. The minimum Gasteiger partial charge on any atom is -0.324 e. The maximum absolute atomic E-state index is 10.6. The van der Waals surface area contributed by atoms with Gasteiger partial charge >= 0.3 is 7.60 Å². The lowest BCUT2D eigenvalue weighted by Gasteiger charge is -2.04. The zero-order valence-electron chi connectivity index (χ0n) is 12.4. The highest BCUT2D eigenvalue weighted by Crippen LogP contribution is 2.35. The van der Waals surface area contributed by atoms with Crippen LogP contribution < -0.4 is 5.32 Å². The van der Waals surface area contributed by atoms with E-state index < -0.39 is 7.60 Å². The van der Waals surface area contributed by atoms with Gasteiger partial charge < -0.3 is 15.1 Å². The van der Waals surface area contributed by atoms with Crippen molar-refractivity contribution >= 4 is 7.60 Å². The van der Waals surface area contributed by atoms with Crippen molar-refractivity contribution in [2.75, 3.05) is 19.3 Å². The molecule has 5 heteroatoms. The second-order valence-corrected chi connectivity index (χ2v) is 7.05. The predicted molar refractivity (Wildman–Crippen MR) is 81.6 cm³/mol. The van der Waals surface area contributed by atoms with E-state index >= 15 is 0 Å². The summed E-state index contributed by atoms with van der Waals surface area (Å²) in [7, 11) is -3.75. The van der Waals surface area contributed by atoms with E-state index in [9.17, 15) is 4.57 Å². The van der Waals surface area contributed by atoms with Crippen molar-refractivity contribution < 1.29 is 14.4 Å². The molecule has 0 radical (unpaired) electrons. The Hall–Kier alpha value is 0.110. The van der Waals surface area contributed by atoms with Gasteiger partial charge in [0.2, 0.25) is 0 Å². The van der Waals surface area contributed by atoms with E-state index in [0.717, 1.165) is 25.9 Å². The third-order valence-electron chi connectivity index (χ3n) is 3.30. The lowest BCUT2D eigenvalue weighted by atomic mass is 10.1. The zero-order valence-corrected chi connectivity index (χ0v) is 13.3. The largest absolute Gasteiger partial charge is 0.325 e. The lowest BCUT2D eigenvalue weighted by Crippen LogP contribution is -2.13. The molecule has 0 saturated carbocycles. The minimum absolute atomic E-state index is 0.0544. The van der Waals surface area contributed by atoms with Gasteiger partial charge in [-0.2, -0.15) is 0 Å². The fourth-order valence-electron chi connectivity index (χ4n) is 2.16. The summed E-state index contributed by atoms with van der Waals surface area (Å²) in [6.45, 7) is 4.36. The second-order valence-electron chi connectivity index (χ2n) is 5.28. The summed E-state index contributed by atoms with van der Waals surface area (Å²) in [6, 6.07) is 0. The van der Waals surface area contributed by atoms with Crippen molar-refractivity contribution in [3.8, 4) is 0 Å². The Balaban J connectivity index is 3.01. The SMILES string of the molecule is CCNCCCCCCCCCCCCP(=O)(O)O. The number of nitrogens with one attached hydrogen (secondary N) is 1. The van der Waals surface area contributed by atoms with Crippen LogP contribution >= 0.6 is 7.60 Å². The van der Waals surface area contributed by atoms with E-state index in [-0.39, 0.29) is 6.16 Å². The Morgan fingerprint density at radius 2 is 1.21 bits per heavy atom. The lowest BCUT2D eigenvalue weighted by molar-refractivity contribution is 0.370. The normalized spacial score (nSPS) is 11.9. The first kappa shape index (κ1) is 19.1. The quantitative estimate of drug-likeness (QED) is 0.337. The van der Waals surface area contributed by atoms with Gasteiger partial charge in [0.05, 0.1) is 0 Å². The van der Waals surface area contributed by atoms with Crippen molar-refractivity contribution in [1.82, 2.24) is 5.32 Å². The molecular formula is C14H32NO3P. The highest BCUT2D eigenvalue weighted by atomic mass is 31.2. The van der Waals surface area contributed by atoms with Gasteiger partial charge in [0, 0.05) is 6.16 Å². The molecule has 0 aromatic heterocycles. The van der Waals surface area contributed by atoms with Gasteiger partial charge in [0.15, 0.2) is 0 Å². The molecule has 0 rings (SSSR count). The summed E-state index contributed by atoms with van der Waals surface area (Å²) in [5, 5.41) is 3.33. The standard InChI is InChI=1S/C14H32NO3P/c1-2-15-13-11-9-7-5-3-4-6-8-10-12-14-19(16,17)18/h15H,2-14H2,1H3,(H2,16,17,18). The van der Waals surface area contributed by atoms with Gasteiger partial charge in [-0.15, -0.1) is 0 Å². The van der Waals surface area contributed by atoms with Crippen LogP contribution in [0, 0.1) is 0 Å². The van der Waals surface area contributed by atoms with Crippen molar-refractivity contribution in [2.24, 2.45) is 0 Å². The molecule has 0 spiro atoms. The highest BCUT2D eigenvalue weighted by Gasteiger charge is 2.10. The first-order valence-corrected chi connectivity index (χ1v) is 9.61. The van der Waals surface area contributed by atoms with E-state index in [1.807, 2.05) is 0 Å². The Bertz CT molecular complexity index is 231. The molecule has 0 aliphatic heterocycles. The van der Waals surface area contributed by atoms with Crippen LogP contribution in [0.5, 0.6) is 0 Å². The summed E-state index contributed by atoms with van der Waals surface area (Å²) < 4.78 is 10.6. The van der Waals surface area contributed by atoms with E-state index in [2.05, 4.69) is 12.2 Å². The maximum atomic E-state index is 10.6. The molecule has 0 atom stereocenters. The van der Waals surface area contributed by atoms with Gasteiger partial charge in [0.1, 0.15) is 0 Å². The Kier molecular flexibility index (Phi) is 13.2. The monoisotopic (exact) mass is 293 g/mol. The average Bonchev–Trinajstić information content (AvgIpc) is 2.34. The zero-order chi connectivity index (χ0) is 14.4. The molecule has 0 unspecified atom stereocenters. The number of unbranched alkanes of at least 4 members (excludes halogenated alkanes) is 9. The molecule has 0 fully saturated rings. The van der Waals surface area contributed by atoms with Gasteiger partial charge in [0.25, 0.3) is 0 Å². The molecule has 116 valence electrons. The summed E-state index contributed by atoms with van der Waals surface area (Å²) in [6.07, 6.45) is 11.8. The molecule has 0 saturated heterocycles. The van der Waals surface area contributed by atoms with Crippen LogP contribution in [0.3, 0.4) is 0 Å². The van der Waals surface area contributed by atoms with Gasteiger partial charge in [-0.3, -0.25) is 4.57 Å². The number of rotatable bonds is 14. The maximum Gasteiger partial charge on any atom is 0.325 e. The van der Waals surface area contributed by atoms with Crippen molar-refractivity contribution in [2.45, 2.75) is 71.1 Å². The van der Waals surface area contributed by atoms with Gasteiger partial charge in [-0.25, -0.2) is 0 Å². The fraction of sp³-hybridized carbons (Fsp3) is 1.00. The molecule has 0 aliphatic carbocycles. The van der Waals surface area contributed by atoms with Crippen molar-refractivity contribution in [1.29, 1.82) is 0 Å². The Morgan fingerprint density at radius 3 is 1.63 bits per heavy atom. The van der Waals surface area contributed by atoms with Crippen LogP contribution in [0.1, 0.15) is 71.1 Å². The summed E-state index contributed by atoms with van der Waals surface area (Å²) >= 11 is 0. The van der Waals surface area contributed by atoms with Crippen LogP contribution in [0.25, 0.3) is 0 Å². The first-order valence-electron chi connectivity index (χ1n) is 7.81. The molecule has 0 aromatic carbocycles. The number of hydrogen-bond acceptors (Lipinski definition) is 2. The second kappa shape index (κ2) is 13.1. The Labute approximate surface area is 118 Å². The summed E-state index contributed by atoms with van der Waals surface area (Å²) in [5.41, 5.74) is 0. The molecule has 0 amide bonds. The van der Waals surface area contributed by atoms with E-state index in [0.29, 0.717) is 6.42 Å². The van der Waals surface area contributed by atoms with Crippen LogP contribution in [-0.4, -0.2) is 29.0 Å². The van der Waals surface area contributed by atoms with E-state index in [1.54, 1.807) is 0 Å². The van der Waals surface area contributed by atoms with Crippen LogP contribution in [0.4, 0.5) is 0 Å². The molecule has 0 aliphatic rings. The molecule has 0 aromatic rings. The number of hydrogen-bond donors (Lipinski definition) is 3. The van der Waals surface area contributed by atoms with Crippen molar-refractivity contribution in [3.05, 3.63) is 0 Å².